The topological polar surface area (TPSA) is 107 Å². The van der Waals surface area contributed by atoms with Gasteiger partial charge in [0.1, 0.15) is 25.6 Å². The lowest BCUT2D eigenvalue weighted by Gasteiger charge is -2.24. The Labute approximate surface area is 269 Å². The molecule has 46 heavy (non-hydrogen) atoms. The van der Waals surface area contributed by atoms with E-state index in [0.717, 1.165) is 26.9 Å². The van der Waals surface area contributed by atoms with Gasteiger partial charge in [0, 0.05) is 5.56 Å². The fraction of sp³-hybridized carbons (Fsp3) is 0.194. The van der Waals surface area contributed by atoms with E-state index in [0.29, 0.717) is 59.1 Å². The quantitative estimate of drug-likeness (QED) is 0.117. The van der Waals surface area contributed by atoms with Gasteiger partial charge in [0.2, 0.25) is 0 Å². The SMILES string of the molecule is COc1cc([C@H]2C(=C(O)c3ccc4c(c3)OCCO4)C(=O)C(=O)N2c2nc3c(C)cc(C)cc3s2)ccc1OCc1ccccc1. The second kappa shape index (κ2) is 11.9. The molecule has 4 aromatic carbocycles. The summed E-state index contributed by atoms with van der Waals surface area (Å²) in [6.07, 6.45) is 0. The molecule has 0 spiro atoms. The first-order chi connectivity index (χ1) is 22.3. The Morgan fingerprint density at radius 3 is 2.52 bits per heavy atom. The molecule has 0 radical (unpaired) electrons. The second-order valence-electron chi connectivity index (χ2n) is 11.1. The number of carbonyl (C=O) groups excluding carboxylic acids is 2. The number of anilines is 1. The van der Waals surface area contributed by atoms with Crippen molar-refractivity contribution in [1.29, 1.82) is 0 Å². The molecule has 3 heterocycles. The van der Waals surface area contributed by atoms with E-state index in [1.54, 1.807) is 36.4 Å². The summed E-state index contributed by atoms with van der Waals surface area (Å²) in [5, 5.41) is 12.1. The highest BCUT2D eigenvalue weighted by Gasteiger charge is 2.48. The molecular formula is C36H30N2O7S. The number of Topliss-reactive ketones (excluding diaryl/α,β-unsaturated/α-hetero) is 1. The number of benzene rings is 4. The number of aliphatic hydroxyl groups is 1. The van der Waals surface area contributed by atoms with Crippen molar-refractivity contribution in [2.24, 2.45) is 0 Å². The first-order valence-corrected chi connectivity index (χ1v) is 15.6. The fourth-order valence-electron chi connectivity index (χ4n) is 5.86. The number of ketones is 1. The summed E-state index contributed by atoms with van der Waals surface area (Å²) in [5.74, 6) is -0.0670. The zero-order valence-corrected chi connectivity index (χ0v) is 26.2. The minimum atomic E-state index is -1.01. The largest absolute Gasteiger partial charge is 0.507 e. The number of fused-ring (bicyclic) bond motifs is 2. The van der Waals surface area contributed by atoms with E-state index in [-0.39, 0.29) is 11.3 Å². The van der Waals surface area contributed by atoms with Crippen LogP contribution in [0.15, 0.2) is 84.4 Å². The Hall–Kier alpha value is -5.35. The molecule has 1 N–H and O–H groups in total. The van der Waals surface area contributed by atoms with Crippen molar-refractivity contribution in [3.05, 3.63) is 112 Å². The number of rotatable bonds is 7. The Kier molecular flexibility index (Phi) is 7.58. The second-order valence-corrected chi connectivity index (χ2v) is 12.1. The third-order valence-corrected chi connectivity index (χ3v) is 9.03. The van der Waals surface area contributed by atoms with Crippen LogP contribution in [0.4, 0.5) is 5.13 Å². The van der Waals surface area contributed by atoms with Gasteiger partial charge in [-0.2, -0.15) is 0 Å². The number of aromatic nitrogens is 1. The van der Waals surface area contributed by atoms with Crippen molar-refractivity contribution in [2.45, 2.75) is 26.5 Å². The molecule has 232 valence electrons. The predicted octanol–water partition coefficient (Wildman–Crippen LogP) is 6.90. The van der Waals surface area contributed by atoms with Crippen molar-refractivity contribution < 1.29 is 33.6 Å². The van der Waals surface area contributed by atoms with Crippen LogP contribution in [0.1, 0.15) is 33.9 Å². The van der Waals surface area contributed by atoms with Crippen LogP contribution in [-0.4, -0.2) is 42.1 Å². The Morgan fingerprint density at radius 2 is 1.74 bits per heavy atom. The molecular weight excluding hydrogens is 604 g/mol. The molecule has 2 aliphatic heterocycles. The molecule has 7 rings (SSSR count). The third kappa shape index (κ3) is 5.20. The summed E-state index contributed by atoms with van der Waals surface area (Å²) < 4.78 is 24.0. The van der Waals surface area contributed by atoms with Crippen molar-refractivity contribution in [3.63, 3.8) is 0 Å². The standard InChI is InChI=1S/C36H30N2O7S/c1-20-15-21(2)31-29(16-20)46-36(37-31)38-32(23-9-11-25(27(17-23)42-3)45-19-22-7-5-4-6-8-22)30(34(40)35(38)41)33(39)24-10-12-26-28(18-24)44-14-13-43-26/h4-12,15-18,32,39H,13-14,19H2,1-3H3/t32-/m0/s1. The van der Waals surface area contributed by atoms with Gasteiger partial charge in [-0.05, 0) is 72.5 Å². The Bertz CT molecular complexity index is 2040. The molecule has 1 amide bonds. The maximum Gasteiger partial charge on any atom is 0.301 e. The maximum atomic E-state index is 13.9. The molecule has 2 aliphatic rings. The highest BCUT2D eigenvalue weighted by atomic mass is 32.1. The lowest BCUT2D eigenvalue weighted by molar-refractivity contribution is -0.132. The monoisotopic (exact) mass is 634 g/mol. The van der Waals surface area contributed by atoms with Gasteiger partial charge < -0.3 is 24.1 Å². The molecule has 0 bridgehead atoms. The van der Waals surface area contributed by atoms with Gasteiger partial charge in [0.05, 0.1) is 28.9 Å². The number of aryl methyl sites for hydroxylation is 2. The van der Waals surface area contributed by atoms with E-state index >= 15 is 0 Å². The number of carbonyl (C=O) groups is 2. The number of ether oxygens (including phenoxy) is 4. The number of thiazole rings is 1. The van der Waals surface area contributed by atoms with Crippen LogP contribution >= 0.6 is 11.3 Å². The summed E-state index contributed by atoms with van der Waals surface area (Å²) in [4.78, 5) is 33.9. The lowest BCUT2D eigenvalue weighted by Crippen LogP contribution is -2.29. The molecule has 1 fully saturated rings. The summed E-state index contributed by atoms with van der Waals surface area (Å²) in [5.41, 5.74) is 4.54. The summed E-state index contributed by atoms with van der Waals surface area (Å²) in [7, 11) is 1.53. The molecule has 1 aromatic heterocycles. The van der Waals surface area contributed by atoms with Crippen LogP contribution in [-0.2, 0) is 16.2 Å². The molecule has 5 aromatic rings. The van der Waals surface area contributed by atoms with Gasteiger partial charge in [0.25, 0.3) is 5.78 Å². The van der Waals surface area contributed by atoms with Crippen LogP contribution < -0.4 is 23.8 Å². The number of amides is 1. The van der Waals surface area contributed by atoms with Crippen molar-refractivity contribution in [2.75, 3.05) is 25.2 Å². The van der Waals surface area contributed by atoms with E-state index in [9.17, 15) is 14.7 Å². The van der Waals surface area contributed by atoms with Gasteiger partial charge in [-0.15, -0.1) is 0 Å². The zero-order valence-electron chi connectivity index (χ0n) is 25.4. The number of hydrogen-bond acceptors (Lipinski definition) is 9. The number of nitrogens with zero attached hydrogens (tertiary/aromatic N) is 2. The van der Waals surface area contributed by atoms with Crippen LogP contribution in [0.3, 0.4) is 0 Å². The van der Waals surface area contributed by atoms with Crippen LogP contribution in [0, 0.1) is 13.8 Å². The molecule has 0 saturated carbocycles. The Balaban J connectivity index is 1.36. The summed E-state index contributed by atoms with van der Waals surface area (Å²) in [6.45, 7) is 5.06. The molecule has 9 nitrogen and oxygen atoms in total. The zero-order chi connectivity index (χ0) is 31.9. The van der Waals surface area contributed by atoms with E-state index in [2.05, 4.69) is 0 Å². The summed E-state index contributed by atoms with van der Waals surface area (Å²) in [6, 6.07) is 22.9. The molecule has 10 heteroatoms. The predicted molar refractivity (Wildman–Crippen MR) is 175 cm³/mol. The molecule has 0 aliphatic carbocycles. The molecule has 0 unspecified atom stereocenters. The van der Waals surface area contributed by atoms with Crippen LogP contribution in [0.2, 0.25) is 0 Å². The van der Waals surface area contributed by atoms with Gasteiger partial charge in [-0.25, -0.2) is 4.98 Å². The van der Waals surface area contributed by atoms with Crippen molar-refractivity contribution >= 4 is 44.1 Å². The van der Waals surface area contributed by atoms with E-state index in [1.807, 2.05) is 56.3 Å². The van der Waals surface area contributed by atoms with E-state index in [1.165, 1.54) is 23.3 Å². The van der Waals surface area contributed by atoms with Gasteiger partial charge in [0.15, 0.2) is 28.1 Å². The minimum absolute atomic E-state index is 0.0751. The van der Waals surface area contributed by atoms with Crippen molar-refractivity contribution in [1.82, 2.24) is 4.98 Å². The van der Waals surface area contributed by atoms with Gasteiger partial charge in [-0.1, -0.05) is 53.8 Å². The highest BCUT2D eigenvalue weighted by Crippen LogP contribution is 2.47. The molecule has 1 saturated heterocycles. The molecule has 1 atom stereocenters. The normalized spacial score (nSPS) is 17.0. The average molecular weight is 635 g/mol. The van der Waals surface area contributed by atoms with Gasteiger partial charge >= 0.3 is 5.91 Å². The van der Waals surface area contributed by atoms with E-state index in [4.69, 9.17) is 23.9 Å². The Morgan fingerprint density at radius 1 is 0.957 bits per heavy atom. The number of aliphatic hydroxyl groups excluding tert-OH is 1. The van der Waals surface area contributed by atoms with Gasteiger partial charge in [-0.3, -0.25) is 14.5 Å². The first-order valence-electron chi connectivity index (χ1n) is 14.8. The third-order valence-electron chi connectivity index (χ3n) is 8.03. The average Bonchev–Trinajstić information content (AvgIpc) is 3.61. The van der Waals surface area contributed by atoms with Crippen molar-refractivity contribution in [3.8, 4) is 23.0 Å². The fourth-order valence-corrected chi connectivity index (χ4v) is 7.03. The smallest absolute Gasteiger partial charge is 0.301 e. The first kappa shape index (κ1) is 29.4. The highest BCUT2D eigenvalue weighted by molar-refractivity contribution is 7.22. The van der Waals surface area contributed by atoms with Crippen LogP contribution in [0.5, 0.6) is 23.0 Å². The van der Waals surface area contributed by atoms with E-state index < -0.39 is 17.7 Å². The minimum Gasteiger partial charge on any atom is -0.507 e. The number of hydrogen-bond donors (Lipinski definition) is 1. The summed E-state index contributed by atoms with van der Waals surface area (Å²) >= 11 is 1.32. The lowest BCUT2D eigenvalue weighted by atomic mass is 9.95. The van der Waals surface area contributed by atoms with Crippen LogP contribution in [0.25, 0.3) is 16.0 Å². The maximum absolute atomic E-state index is 13.9. The number of methoxy groups -OCH3 is 1.